The van der Waals surface area contributed by atoms with Crippen LogP contribution in [0.4, 0.5) is 5.69 Å². The zero-order chi connectivity index (χ0) is 65.4. The normalized spacial score (nSPS) is 11.3. The van der Waals surface area contributed by atoms with Crippen LogP contribution < -0.4 is 4.90 Å². The largest absolute Gasteiger partial charge is 0.480 e. The molecule has 1 aromatic carbocycles. The third kappa shape index (κ3) is 23.3. The van der Waals surface area contributed by atoms with Crippen molar-refractivity contribution in [2.75, 3.05) is 188 Å². The number of imide groups is 1. The molecule has 470 valence electrons. The van der Waals surface area contributed by atoms with Gasteiger partial charge in [0, 0.05) is 115 Å². The summed E-state index contributed by atoms with van der Waals surface area (Å²) in [6, 6.07) is 6.04. The molecule has 0 radical (unpaired) electrons. The quantitative estimate of drug-likeness (QED) is 0.0304. The van der Waals surface area contributed by atoms with Gasteiger partial charge in [0.1, 0.15) is 6.54 Å². The zero-order valence-corrected chi connectivity index (χ0v) is 50.4. The van der Waals surface area contributed by atoms with E-state index < -0.39 is 180 Å². The standard InChI is InChI=1S/C52H75N17O17/c1-56(22-40(73)57(2)24-42(75)59(4)26-44(77)61(6)28-46(79)63(8)30-48(81)65(10)32-50(83)67(12)34-52(85)86)41(74)23-58(3)43(76)25-60(5)45(78)27-62(7)47(80)29-64(9)49(82)31-66(11)51(84)33-68(20-19-54-55-53)39(72)21-35-13-15-36(16-14-35)69-37(70)17-18-38(69)71/h13-18H,19-34H2,1-12H3,(H,85,86). The second-order valence-corrected chi connectivity index (χ2v) is 20.3. The number of anilines is 1. The number of amides is 15. The SMILES string of the molecule is CN(CC(=O)O)C(=O)CN(C)C(=O)CN(C)C(=O)CN(C)C(=O)CN(C)C(=O)CN(C)C(=O)CN(C)C(=O)CN(C)C(=O)CN(C)C(=O)CN(C)C(=O)CN(C)C(=O)CN(C)C(=O)CN(CCN=[N+]=[N-])C(=O)Cc1ccc(N2C(=O)C=CC2=O)cc1. The Morgan fingerprint density at radius 1 is 0.384 bits per heavy atom. The van der Waals surface area contributed by atoms with Crippen molar-refractivity contribution in [3.05, 3.63) is 52.4 Å². The lowest BCUT2D eigenvalue weighted by atomic mass is 10.1. The molecule has 0 bridgehead atoms. The molecule has 2 rings (SSSR count). The summed E-state index contributed by atoms with van der Waals surface area (Å²) in [5.74, 6) is -10.9. The van der Waals surface area contributed by atoms with Crippen molar-refractivity contribution in [3.8, 4) is 0 Å². The first-order valence-corrected chi connectivity index (χ1v) is 26.1. The van der Waals surface area contributed by atoms with Gasteiger partial charge in [0.25, 0.3) is 11.8 Å². The van der Waals surface area contributed by atoms with Crippen molar-refractivity contribution in [1.82, 2.24) is 63.7 Å². The number of carbonyl (C=O) groups is 16. The number of carboxylic acids is 1. The lowest BCUT2D eigenvalue weighted by Gasteiger charge is -2.28. The number of azide groups is 1. The lowest BCUT2D eigenvalue weighted by molar-refractivity contribution is -0.147. The van der Waals surface area contributed by atoms with E-state index in [0.717, 1.165) is 80.8 Å². The van der Waals surface area contributed by atoms with Crippen LogP contribution in [0.15, 0.2) is 41.5 Å². The minimum Gasteiger partial charge on any atom is -0.480 e. The minimum atomic E-state index is -1.24. The van der Waals surface area contributed by atoms with Crippen molar-refractivity contribution in [1.29, 1.82) is 0 Å². The molecule has 0 fully saturated rings. The molecule has 0 aromatic heterocycles. The van der Waals surface area contributed by atoms with Gasteiger partial charge in [-0.1, -0.05) is 17.2 Å². The highest BCUT2D eigenvalue weighted by Gasteiger charge is 2.29. The van der Waals surface area contributed by atoms with Crippen LogP contribution in [0.3, 0.4) is 0 Å². The van der Waals surface area contributed by atoms with Crippen molar-refractivity contribution < 1.29 is 81.8 Å². The second-order valence-electron chi connectivity index (χ2n) is 20.3. The summed E-state index contributed by atoms with van der Waals surface area (Å²) in [5.41, 5.74) is 9.55. The van der Waals surface area contributed by atoms with Gasteiger partial charge >= 0.3 is 5.97 Å². The van der Waals surface area contributed by atoms with Crippen molar-refractivity contribution in [2.24, 2.45) is 5.11 Å². The first kappa shape index (κ1) is 72.1. The first-order valence-electron chi connectivity index (χ1n) is 26.1. The van der Waals surface area contributed by atoms with Gasteiger partial charge in [0.2, 0.25) is 76.8 Å². The Balaban J connectivity index is 1.81. The predicted octanol–water partition coefficient (Wildman–Crippen LogP) is -5.62. The van der Waals surface area contributed by atoms with Gasteiger partial charge in [0.15, 0.2) is 0 Å². The summed E-state index contributed by atoms with van der Waals surface area (Å²) < 4.78 is 0. The van der Waals surface area contributed by atoms with E-state index in [1.54, 1.807) is 0 Å². The molecule has 0 spiro atoms. The highest BCUT2D eigenvalue weighted by Crippen LogP contribution is 2.20. The predicted molar refractivity (Wildman–Crippen MR) is 302 cm³/mol. The van der Waals surface area contributed by atoms with Crippen molar-refractivity contribution >= 4 is 100 Å². The molecule has 0 unspecified atom stereocenters. The summed E-state index contributed by atoms with van der Waals surface area (Å²) in [6.07, 6.45) is 2.05. The number of carbonyl (C=O) groups excluding carboxylic acids is 15. The van der Waals surface area contributed by atoms with E-state index in [-0.39, 0.29) is 19.5 Å². The molecule has 0 saturated heterocycles. The lowest BCUT2D eigenvalue weighted by Crippen LogP contribution is -2.49. The number of aliphatic carboxylic acids is 1. The van der Waals surface area contributed by atoms with E-state index >= 15 is 0 Å². The van der Waals surface area contributed by atoms with E-state index in [9.17, 15) is 76.7 Å². The molecule has 0 atom stereocenters. The van der Waals surface area contributed by atoms with Gasteiger partial charge in [-0.15, -0.1) is 0 Å². The highest BCUT2D eigenvalue weighted by atomic mass is 16.4. The van der Waals surface area contributed by atoms with E-state index in [1.165, 1.54) is 109 Å². The van der Waals surface area contributed by atoms with E-state index in [4.69, 9.17) is 10.6 Å². The number of hydrogen-bond acceptors (Lipinski definition) is 17. The van der Waals surface area contributed by atoms with Crippen molar-refractivity contribution in [3.63, 3.8) is 0 Å². The molecule has 1 heterocycles. The van der Waals surface area contributed by atoms with Crippen LogP contribution in [-0.4, -0.2) is 346 Å². The highest BCUT2D eigenvalue weighted by molar-refractivity contribution is 6.28. The molecular weight excluding hydrogens is 1130 g/mol. The third-order valence-corrected chi connectivity index (χ3v) is 13.1. The van der Waals surface area contributed by atoms with E-state index in [1.807, 2.05) is 0 Å². The number of rotatable bonds is 32. The van der Waals surface area contributed by atoms with Crippen LogP contribution in [0.5, 0.6) is 0 Å². The summed E-state index contributed by atoms with van der Waals surface area (Å²) in [5, 5.41) is 12.3. The maximum atomic E-state index is 13.3. The van der Waals surface area contributed by atoms with E-state index in [0.29, 0.717) is 11.3 Å². The Bertz CT molecular complexity index is 2840. The van der Waals surface area contributed by atoms with Gasteiger partial charge in [-0.2, -0.15) is 0 Å². The van der Waals surface area contributed by atoms with Crippen LogP contribution in [0.2, 0.25) is 0 Å². The molecule has 0 saturated carbocycles. The third-order valence-electron chi connectivity index (χ3n) is 13.1. The molecule has 0 aliphatic carbocycles. The van der Waals surface area contributed by atoms with Crippen LogP contribution in [0.25, 0.3) is 10.4 Å². The fraction of sp³-hybridized carbons (Fsp3) is 0.538. The first-order chi connectivity index (χ1) is 40.1. The van der Waals surface area contributed by atoms with Gasteiger partial charge < -0.3 is 68.8 Å². The van der Waals surface area contributed by atoms with Gasteiger partial charge in [-0.05, 0) is 23.2 Å². The van der Waals surface area contributed by atoms with Gasteiger partial charge in [0.05, 0.1) is 90.6 Å². The molecule has 34 heteroatoms. The monoisotopic (exact) mass is 1210 g/mol. The molecule has 86 heavy (non-hydrogen) atoms. The molecular formula is C52H75N17O17. The topological polar surface area (TPSA) is 387 Å². The minimum absolute atomic E-state index is 0.142. The van der Waals surface area contributed by atoms with Crippen LogP contribution in [-0.2, 0) is 83.1 Å². The van der Waals surface area contributed by atoms with E-state index in [2.05, 4.69) is 10.0 Å². The fourth-order valence-electron chi connectivity index (χ4n) is 7.31. The number of nitrogens with zero attached hydrogens (tertiary/aromatic N) is 17. The number of likely N-dealkylation sites (N-methyl/N-ethyl adjacent to an activating group) is 12. The Hall–Kier alpha value is -10.0. The summed E-state index contributed by atoms with van der Waals surface area (Å²) in [7, 11) is 15.4. The number of hydrogen-bond donors (Lipinski definition) is 1. The average Bonchev–Trinajstić information content (AvgIpc) is 3.57. The smallest absolute Gasteiger partial charge is 0.323 e. The molecule has 34 nitrogen and oxygen atoms in total. The Labute approximate surface area is 496 Å². The Morgan fingerprint density at radius 3 is 0.849 bits per heavy atom. The fourth-order valence-corrected chi connectivity index (χ4v) is 7.31. The summed E-state index contributed by atoms with van der Waals surface area (Å²) in [4.78, 5) is 220. The van der Waals surface area contributed by atoms with Crippen LogP contribution in [0, 0.1) is 0 Å². The second kappa shape index (κ2) is 33.9. The Kier molecular flexibility index (Phi) is 28.4. The van der Waals surface area contributed by atoms with Crippen molar-refractivity contribution in [2.45, 2.75) is 6.42 Å². The Morgan fingerprint density at radius 2 is 0.616 bits per heavy atom. The van der Waals surface area contributed by atoms with Crippen LogP contribution >= 0.6 is 0 Å². The molecule has 15 amide bonds. The zero-order valence-electron chi connectivity index (χ0n) is 50.4. The molecule has 1 N–H and O–H groups in total. The maximum absolute atomic E-state index is 13.3. The average molecular weight is 1210 g/mol. The molecule has 1 aliphatic heterocycles. The van der Waals surface area contributed by atoms with Gasteiger partial charge in [-0.3, -0.25) is 76.7 Å². The van der Waals surface area contributed by atoms with Gasteiger partial charge in [-0.25, -0.2) is 4.90 Å². The number of carboxylic acid groups (broad SMARTS) is 1. The molecule has 1 aliphatic rings. The van der Waals surface area contributed by atoms with Crippen LogP contribution in [0.1, 0.15) is 5.56 Å². The molecule has 1 aromatic rings. The maximum Gasteiger partial charge on any atom is 0.323 e. The summed E-state index contributed by atoms with van der Waals surface area (Å²) in [6.45, 7) is -6.93. The number of benzene rings is 1. The summed E-state index contributed by atoms with van der Waals surface area (Å²) >= 11 is 0.